The van der Waals surface area contributed by atoms with E-state index in [0.717, 1.165) is 12.5 Å². The van der Waals surface area contributed by atoms with Gasteiger partial charge in [-0.3, -0.25) is 4.68 Å². The van der Waals surface area contributed by atoms with E-state index in [2.05, 4.69) is 24.3 Å². The van der Waals surface area contributed by atoms with Gasteiger partial charge in [0, 0.05) is 12.7 Å². The summed E-state index contributed by atoms with van der Waals surface area (Å²) in [6.45, 7) is 3.12. The second kappa shape index (κ2) is 4.63. The summed E-state index contributed by atoms with van der Waals surface area (Å²) in [4.78, 5) is 0. The highest BCUT2D eigenvalue weighted by molar-refractivity contribution is 4.99. The Morgan fingerprint density at radius 1 is 1.43 bits per heavy atom. The molecule has 0 amide bonds. The zero-order chi connectivity index (χ0) is 9.80. The molecule has 1 aliphatic rings. The molecule has 1 heterocycles. The number of hydrogen-bond donors (Lipinski definition) is 0. The number of aromatic nitrogens is 2. The molecule has 14 heavy (non-hydrogen) atoms. The Morgan fingerprint density at radius 3 is 2.86 bits per heavy atom. The number of rotatable bonds is 4. The van der Waals surface area contributed by atoms with Crippen LogP contribution in [0, 0.1) is 5.92 Å². The molecule has 0 aliphatic heterocycles. The maximum Gasteiger partial charge on any atom is 0.0624 e. The summed E-state index contributed by atoms with van der Waals surface area (Å²) < 4.78 is 2.02. The van der Waals surface area contributed by atoms with Gasteiger partial charge >= 0.3 is 0 Å². The third-order valence-electron chi connectivity index (χ3n) is 3.30. The van der Waals surface area contributed by atoms with Crippen molar-refractivity contribution in [1.82, 2.24) is 9.78 Å². The van der Waals surface area contributed by atoms with Crippen LogP contribution >= 0.6 is 0 Å². The zero-order valence-corrected chi connectivity index (χ0v) is 9.08. The van der Waals surface area contributed by atoms with E-state index in [1.54, 1.807) is 0 Å². The summed E-state index contributed by atoms with van der Waals surface area (Å²) in [5.41, 5.74) is 1.28. The van der Waals surface area contributed by atoms with Crippen LogP contribution in [0.4, 0.5) is 0 Å². The first-order chi connectivity index (χ1) is 6.88. The van der Waals surface area contributed by atoms with Gasteiger partial charge in [0.15, 0.2) is 0 Å². The van der Waals surface area contributed by atoms with Crippen LogP contribution in [0.25, 0.3) is 0 Å². The molecule has 1 aliphatic carbocycles. The predicted molar refractivity (Wildman–Crippen MR) is 58.2 cm³/mol. The van der Waals surface area contributed by atoms with Crippen LogP contribution in [-0.4, -0.2) is 9.78 Å². The normalized spacial score (nSPS) is 17.8. The van der Waals surface area contributed by atoms with Crippen molar-refractivity contribution in [3.8, 4) is 0 Å². The maximum atomic E-state index is 4.51. The van der Waals surface area contributed by atoms with Gasteiger partial charge in [0.05, 0.1) is 5.69 Å². The van der Waals surface area contributed by atoms with E-state index in [4.69, 9.17) is 0 Å². The summed E-state index contributed by atoms with van der Waals surface area (Å²) in [5.74, 6) is 0.988. The highest BCUT2D eigenvalue weighted by Crippen LogP contribution is 2.28. The molecule has 0 spiro atoms. The maximum absolute atomic E-state index is 4.51. The van der Waals surface area contributed by atoms with Gasteiger partial charge in [0.2, 0.25) is 0 Å². The molecule has 2 rings (SSSR count). The molecule has 2 nitrogen and oxygen atoms in total. The van der Waals surface area contributed by atoms with Crippen LogP contribution in [0.2, 0.25) is 0 Å². The van der Waals surface area contributed by atoms with Gasteiger partial charge in [-0.15, -0.1) is 0 Å². The molecule has 0 radical (unpaired) electrons. The van der Waals surface area contributed by atoms with Crippen molar-refractivity contribution in [1.29, 1.82) is 0 Å². The number of nitrogens with zero attached hydrogens (tertiary/aromatic N) is 2. The molecule has 0 saturated heterocycles. The summed E-state index contributed by atoms with van der Waals surface area (Å²) in [6, 6.07) is 2.17. The first kappa shape index (κ1) is 9.75. The fraction of sp³-hybridized carbons (Fsp3) is 0.750. The van der Waals surface area contributed by atoms with Crippen molar-refractivity contribution in [2.24, 2.45) is 5.92 Å². The largest absolute Gasteiger partial charge is 0.273 e. The Hall–Kier alpha value is -0.790. The Bertz CT molecular complexity index is 272. The molecular weight excluding hydrogens is 172 g/mol. The molecule has 0 bridgehead atoms. The van der Waals surface area contributed by atoms with Crippen molar-refractivity contribution >= 4 is 0 Å². The Balaban J connectivity index is 1.79. The van der Waals surface area contributed by atoms with Crippen LogP contribution in [0.15, 0.2) is 12.3 Å². The lowest BCUT2D eigenvalue weighted by atomic mass is 10.0. The Morgan fingerprint density at radius 2 is 2.21 bits per heavy atom. The SMILES string of the molecule is CCn1ccc(CCC2CCCC2)n1. The molecule has 1 aromatic rings. The van der Waals surface area contributed by atoms with Crippen molar-refractivity contribution < 1.29 is 0 Å². The first-order valence-electron chi connectivity index (χ1n) is 5.91. The summed E-state index contributed by atoms with van der Waals surface area (Å²) in [5, 5.41) is 4.51. The highest BCUT2D eigenvalue weighted by Gasteiger charge is 2.14. The highest BCUT2D eigenvalue weighted by atomic mass is 15.3. The van der Waals surface area contributed by atoms with Crippen molar-refractivity contribution in [2.45, 2.75) is 52.0 Å². The molecule has 78 valence electrons. The Labute approximate surface area is 86.3 Å². The monoisotopic (exact) mass is 192 g/mol. The quantitative estimate of drug-likeness (QED) is 0.717. The van der Waals surface area contributed by atoms with Gasteiger partial charge in [-0.05, 0) is 31.7 Å². The minimum absolute atomic E-state index is 0.988. The predicted octanol–water partition coefficient (Wildman–Crippen LogP) is 3.03. The minimum Gasteiger partial charge on any atom is -0.273 e. The third-order valence-corrected chi connectivity index (χ3v) is 3.30. The van der Waals surface area contributed by atoms with E-state index in [9.17, 15) is 0 Å². The fourth-order valence-corrected chi connectivity index (χ4v) is 2.36. The minimum atomic E-state index is 0.988. The van der Waals surface area contributed by atoms with Crippen LogP contribution in [0.3, 0.4) is 0 Å². The fourth-order valence-electron chi connectivity index (χ4n) is 2.36. The standard InChI is InChI=1S/C12H20N2/c1-2-14-10-9-12(13-14)8-7-11-5-3-4-6-11/h9-11H,2-8H2,1H3. The first-order valence-corrected chi connectivity index (χ1v) is 5.91. The van der Waals surface area contributed by atoms with E-state index in [0.29, 0.717) is 0 Å². The van der Waals surface area contributed by atoms with Crippen LogP contribution in [0.1, 0.15) is 44.7 Å². The molecule has 0 N–H and O–H groups in total. The van der Waals surface area contributed by atoms with E-state index >= 15 is 0 Å². The van der Waals surface area contributed by atoms with E-state index in [-0.39, 0.29) is 0 Å². The molecule has 0 aromatic carbocycles. The summed E-state index contributed by atoms with van der Waals surface area (Å²) >= 11 is 0. The van der Waals surface area contributed by atoms with Gasteiger partial charge in [-0.2, -0.15) is 5.10 Å². The lowest BCUT2D eigenvalue weighted by Crippen LogP contribution is -1.99. The molecule has 2 heteroatoms. The second-order valence-electron chi connectivity index (χ2n) is 4.35. The molecule has 0 atom stereocenters. The Kier molecular flexibility index (Phi) is 3.22. The molecule has 1 aromatic heterocycles. The number of hydrogen-bond acceptors (Lipinski definition) is 1. The average molecular weight is 192 g/mol. The second-order valence-corrected chi connectivity index (χ2v) is 4.35. The molecular formula is C12H20N2. The average Bonchev–Trinajstić information content (AvgIpc) is 2.86. The van der Waals surface area contributed by atoms with Gasteiger partial charge in [-0.1, -0.05) is 25.7 Å². The smallest absolute Gasteiger partial charge is 0.0624 e. The summed E-state index contributed by atoms with van der Waals surface area (Å²) in [7, 11) is 0. The molecule has 1 saturated carbocycles. The van der Waals surface area contributed by atoms with E-state index in [1.807, 2.05) is 4.68 Å². The van der Waals surface area contributed by atoms with Gasteiger partial charge < -0.3 is 0 Å². The van der Waals surface area contributed by atoms with Crippen LogP contribution in [0.5, 0.6) is 0 Å². The van der Waals surface area contributed by atoms with Crippen LogP contribution < -0.4 is 0 Å². The van der Waals surface area contributed by atoms with E-state index in [1.165, 1.54) is 44.2 Å². The van der Waals surface area contributed by atoms with Crippen molar-refractivity contribution in [3.05, 3.63) is 18.0 Å². The number of aryl methyl sites for hydroxylation is 2. The van der Waals surface area contributed by atoms with Gasteiger partial charge in [-0.25, -0.2) is 0 Å². The summed E-state index contributed by atoms with van der Waals surface area (Å²) in [6.07, 6.45) is 10.4. The lowest BCUT2D eigenvalue weighted by Gasteiger charge is -2.05. The molecule has 1 fully saturated rings. The van der Waals surface area contributed by atoms with E-state index < -0.39 is 0 Å². The van der Waals surface area contributed by atoms with Gasteiger partial charge in [0.1, 0.15) is 0 Å². The van der Waals surface area contributed by atoms with Crippen molar-refractivity contribution in [2.75, 3.05) is 0 Å². The third kappa shape index (κ3) is 2.37. The zero-order valence-electron chi connectivity index (χ0n) is 9.08. The van der Waals surface area contributed by atoms with Gasteiger partial charge in [0.25, 0.3) is 0 Å². The molecule has 0 unspecified atom stereocenters. The topological polar surface area (TPSA) is 17.8 Å². The lowest BCUT2D eigenvalue weighted by molar-refractivity contribution is 0.497. The van der Waals surface area contributed by atoms with Crippen molar-refractivity contribution in [3.63, 3.8) is 0 Å². The van der Waals surface area contributed by atoms with Crippen LogP contribution in [-0.2, 0) is 13.0 Å².